The number of rotatable bonds is 3. The highest BCUT2D eigenvalue weighted by molar-refractivity contribution is 6.32. The number of hydrogen-bond donors (Lipinski definition) is 2. The summed E-state index contributed by atoms with van der Waals surface area (Å²) in [5.74, 6) is 0.273. The van der Waals surface area contributed by atoms with Crippen LogP contribution in [-0.4, -0.2) is 25.9 Å². The van der Waals surface area contributed by atoms with Crippen LogP contribution in [0.25, 0.3) is 5.69 Å². The number of carbonyl (C=O) groups is 1. The number of H-pyrrole nitrogens is 1. The van der Waals surface area contributed by atoms with Crippen molar-refractivity contribution in [2.24, 2.45) is 0 Å². The predicted molar refractivity (Wildman–Crippen MR) is 91.5 cm³/mol. The third-order valence-electron chi connectivity index (χ3n) is 4.30. The van der Waals surface area contributed by atoms with Crippen LogP contribution in [0.5, 0.6) is 0 Å². The topological polar surface area (TPSA) is 75.6 Å². The number of aromatic nitrogens is 4. The van der Waals surface area contributed by atoms with E-state index < -0.39 is 0 Å². The summed E-state index contributed by atoms with van der Waals surface area (Å²) in [5.41, 5.74) is 2.82. The molecule has 3 aromatic rings. The first-order valence-corrected chi connectivity index (χ1v) is 8.24. The summed E-state index contributed by atoms with van der Waals surface area (Å²) < 4.78 is 1.65. The van der Waals surface area contributed by atoms with Crippen LogP contribution in [0.2, 0.25) is 5.02 Å². The molecular formula is C17H16ClN5O. The van der Waals surface area contributed by atoms with E-state index in [0.717, 1.165) is 36.2 Å². The van der Waals surface area contributed by atoms with Gasteiger partial charge in [-0.3, -0.25) is 9.89 Å². The van der Waals surface area contributed by atoms with Crippen molar-refractivity contribution in [3.05, 3.63) is 59.0 Å². The molecule has 0 aliphatic heterocycles. The summed E-state index contributed by atoms with van der Waals surface area (Å²) in [4.78, 5) is 12.6. The highest BCUT2D eigenvalue weighted by atomic mass is 35.5. The lowest BCUT2D eigenvalue weighted by Crippen LogP contribution is -2.24. The molecule has 6 nitrogen and oxygen atoms in total. The molecule has 1 amide bonds. The quantitative estimate of drug-likeness (QED) is 0.767. The number of carbonyl (C=O) groups excluding carboxylic acids is 1. The average molecular weight is 342 g/mol. The molecular weight excluding hydrogens is 326 g/mol. The van der Waals surface area contributed by atoms with E-state index in [0.29, 0.717) is 10.8 Å². The van der Waals surface area contributed by atoms with E-state index in [1.54, 1.807) is 29.2 Å². The number of halogens is 1. The summed E-state index contributed by atoms with van der Waals surface area (Å²) in [5, 5.41) is 14.9. The molecule has 0 spiro atoms. The first-order valence-electron chi connectivity index (χ1n) is 7.86. The van der Waals surface area contributed by atoms with Gasteiger partial charge in [0.2, 0.25) is 5.91 Å². The van der Waals surface area contributed by atoms with Crippen LogP contribution in [0.15, 0.2) is 42.7 Å². The molecule has 1 aliphatic carbocycles. The first-order chi connectivity index (χ1) is 11.7. The number of nitrogens with one attached hydrogen (secondary N) is 2. The van der Waals surface area contributed by atoms with Gasteiger partial charge in [0.15, 0.2) is 5.82 Å². The molecule has 1 atom stereocenters. The standard InChI is InChI=1S/C17H16ClN5O/c18-13-5-1-2-7-15(13)23-9-8-16(22-23)20-17(24)11-4-3-6-14-12(11)10-19-21-14/h1-2,5,7-11H,3-4,6H2,(H,19,21)(H,20,22,24)/t11-/m1/s1. The molecule has 0 saturated carbocycles. The van der Waals surface area contributed by atoms with Crippen molar-refractivity contribution >= 4 is 23.3 Å². The molecule has 2 aromatic heterocycles. The Hall–Kier alpha value is -2.60. The Morgan fingerprint density at radius 1 is 1.33 bits per heavy atom. The molecule has 0 bridgehead atoms. The highest BCUT2D eigenvalue weighted by Gasteiger charge is 2.28. The van der Waals surface area contributed by atoms with E-state index in [2.05, 4.69) is 20.6 Å². The van der Waals surface area contributed by atoms with Crippen molar-refractivity contribution in [2.75, 3.05) is 5.32 Å². The minimum absolute atomic E-state index is 0.0539. The summed E-state index contributed by atoms with van der Waals surface area (Å²) in [7, 11) is 0. The number of aryl methyl sites for hydroxylation is 1. The zero-order chi connectivity index (χ0) is 16.5. The molecule has 0 radical (unpaired) electrons. The van der Waals surface area contributed by atoms with Gasteiger partial charge in [0.25, 0.3) is 0 Å². The van der Waals surface area contributed by atoms with Gasteiger partial charge in [-0.05, 0) is 31.4 Å². The average Bonchev–Trinajstić information content (AvgIpc) is 3.24. The number of amides is 1. The third-order valence-corrected chi connectivity index (χ3v) is 4.62. The first kappa shape index (κ1) is 15.0. The minimum atomic E-state index is -0.182. The number of benzene rings is 1. The van der Waals surface area contributed by atoms with Gasteiger partial charge in [0.1, 0.15) is 0 Å². The summed E-state index contributed by atoms with van der Waals surface area (Å²) >= 11 is 6.18. The van der Waals surface area contributed by atoms with Crippen LogP contribution < -0.4 is 5.32 Å². The fourth-order valence-corrected chi connectivity index (χ4v) is 3.33. The second kappa shape index (κ2) is 6.13. The molecule has 7 heteroatoms. The van der Waals surface area contributed by atoms with Gasteiger partial charge in [0, 0.05) is 23.5 Å². The summed E-state index contributed by atoms with van der Waals surface area (Å²) in [6.07, 6.45) is 6.27. The number of hydrogen-bond acceptors (Lipinski definition) is 3. The molecule has 0 saturated heterocycles. The maximum Gasteiger partial charge on any atom is 0.233 e. The Labute approximate surface area is 143 Å². The number of aromatic amines is 1. The van der Waals surface area contributed by atoms with Crippen molar-refractivity contribution in [2.45, 2.75) is 25.2 Å². The van der Waals surface area contributed by atoms with Gasteiger partial charge < -0.3 is 5.32 Å². The smallest absolute Gasteiger partial charge is 0.233 e. The lowest BCUT2D eigenvalue weighted by Gasteiger charge is -2.20. The largest absolute Gasteiger partial charge is 0.309 e. The van der Waals surface area contributed by atoms with Gasteiger partial charge in [-0.1, -0.05) is 23.7 Å². The Balaban J connectivity index is 1.53. The fourth-order valence-electron chi connectivity index (χ4n) is 3.11. The maximum atomic E-state index is 12.6. The van der Waals surface area contributed by atoms with Crippen LogP contribution >= 0.6 is 11.6 Å². The lowest BCUT2D eigenvalue weighted by molar-refractivity contribution is -0.117. The second-order valence-electron chi connectivity index (χ2n) is 5.83. The monoisotopic (exact) mass is 341 g/mol. The molecule has 1 aliphatic rings. The molecule has 2 heterocycles. The van der Waals surface area contributed by atoms with E-state index in [9.17, 15) is 4.79 Å². The van der Waals surface area contributed by atoms with Crippen molar-refractivity contribution < 1.29 is 4.79 Å². The number of nitrogens with zero attached hydrogens (tertiary/aromatic N) is 3. The number of fused-ring (bicyclic) bond motifs is 1. The SMILES string of the molecule is O=C(Nc1ccn(-c2ccccc2Cl)n1)[C@@H]1CCCc2[nH]ncc21. The van der Waals surface area contributed by atoms with Gasteiger partial charge in [-0.15, -0.1) is 0 Å². The van der Waals surface area contributed by atoms with Crippen LogP contribution in [-0.2, 0) is 11.2 Å². The third kappa shape index (κ3) is 2.69. The maximum absolute atomic E-state index is 12.6. The van der Waals surface area contributed by atoms with Crippen molar-refractivity contribution in [1.29, 1.82) is 0 Å². The fraction of sp³-hybridized carbons (Fsp3) is 0.235. The molecule has 0 fully saturated rings. The lowest BCUT2D eigenvalue weighted by atomic mass is 9.86. The Kier molecular flexibility index (Phi) is 3.82. The van der Waals surface area contributed by atoms with Crippen LogP contribution in [0.3, 0.4) is 0 Å². The predicted octanol–water partition coefficient (Wildman–Crippen LogP) is 3.31. The molecule has 122 valence electrons. The van der Waals surface area contributed by atoms with Gasteiger partial charge in [-0.2, -0.15) is 10.2 Å². The van der Waals surface area contributed by atoms with Crippen LogP contribution in [0.4, 0.5) is 5.82 Å². The summed E-state index contributed by atoms with van der Waals surface area (Å²) in [6.45, 7) is 0. The van der Waals surface area contributed by atoms with Gasteiger partial charge in [-0.25, -0.2) is 4.68 Å². The zero-order valence-corrected chi connectivity index (χ0v) is 13.6. The zero-order valence-electron chi connectivity index (χ0n) is 12.9. The summed E-state index contributed by atoms with van der Waals surface area (Å²) in [6, 6.07) is 9.20. The molecule has 4 rings (SSSR count). The number of anilines is 1. The Morgan fingerprint density at radius 2 is 2.21 bits per heavy atom. The van der Waals surface area contributed by atoms with E-state index in [1.807, 2.05) is 18.2 Å². The van der Waals surface area contributed by atoms with Crippen molar-refractivity contribution in [1.82, 2.24) is 20.0 Å². The minimum Gasteiger partial charge on any atom is -0.309 e. The van der Waals surface area contributed by atoms with Crippen molar-refractivity contribution in [3.8, 4) is 5.69 Å². The van der Waals surface area contributed by atoms with E-state index >= 15 is 0 Å². The molecule has 1 aromatic carbocycles. The van der Waals surface area contributed by atoms with E-state index in [1.165, 1.54) is 0 Å². The van der Waals surface area contributed by atoms with Gasteiger partial charge in [0.05, 0.1) is 22.8 Å². The normalized spacial score (nSPS) is 16.6. The Bertz CT molecular complexity index is 885. The molecule has 2 N–H and O–H groups in total. The van der Waals surface area contributed by atoms with Crippen LogP contribution in [0, 0.1) is 0 Å². The molecule has 0 unspecified atom stereocenters. The highest BCUT2D eigenvalue weighted by Crippen LogP contribution is 2.31. The molecule has 24 heavy (non-hydrogen) atoms. The van der Waals surface area contributed by atoms with Gasteiger partial charge >= 0.3 is 0 Å². The second-order valence-corrected chi connectivity index (χ2v) is 6.24. The van der Waals surface area contributed by atoms with Crippen LogP contribution in [0.1, 0.15) is 30.0 Å². The van der Waals surface area contributed by atoms with Crippen molar-refractivity contribution in [3.63, 3.8) is 0 Å². The van der Waals surface area contributed by atoms with E-state index in [4.69, 9.17) is 11.6 Å². The Morgan fingerprint density at radius 3 is 3.08 bits per heavy atom. The van der Waals surface area contributed by atoms with E-state index in [-0.39, 0.29) is 11.8 Å². The number of para-hydroxylation sites is 1.